The minimum Gasteiger partial charge on any atom is -0.302 e. The Bertz CT molecular complexity index is 500. The van der Waals surface area contributed by atoms with Crippen LogP contribution in [0.5, 0.6) is 0 Å². The highest BCUT2D eigenvalue weighted by atomic mass is 79.9. The predicted molar refractivity (Wildman–Crippen MR) is 83.4 cm³/mol. The number of hydrogen-bond acceptors (Lipinski definition) is 2. The van der Waals surface area contributed by atoms with E-state index in [4.69, 9.17) is 11.6 Å². The second-order valence-electron chi connectivity index (χ2n) is 4.38. The Morgan fingerprint density at radius 3 is 2.56 bits per heavy atom. The average molecular weight is 345 g/mol. The molecule has 2 rings (SSSR count). The van der Waals surface area contributed by atoms with Crippen LogP contribution in [0.4, 0.5) is 0 Å². The van der Waals surface area contributed by atoms with Gasteiger partial charge in [0, 0.05) is 21.8 Å². The molecule has 1 N–H and O–H groups in total. The predicted octanol–water partition coefficient (Wildman–Crippen LogP) is 4.75. The van der Waals surface area contributed by atoms with Crippen LogP contribution in [0.25, 0.3) is 0 Å². The Morgan fingerprint density at radius 1 is 1.28 bits per heavy atom. The lowest BCUT2D eigenvalue weighted by molar-refractivity contribution is 0.408. The Kier molecular flexibility index (Phi) is 4.84. The zero-order valence-corrected chi connectivity index (χ0v) is 13.3. The minimum absolute atomic E-state index is 0.202. The quantitative estimate of drug-likeness (QED) is 0.771. The summed E-state index contributed by atoms with van der Waals surface area (Å²) in [6.45, 7) is 2.95. The fourth-order valence-corrected chi connectivity index (χ4v) is 3.44. The lowest BCUT2D eigenvalue weighted by Gasteiger charge is -2.29. The van der Waals surface area contributed by atoms with Gasteiger partial charge in [0.25, 0.3) is 0 Å². The van der Waals surface area contributed by atoms with E-state index in [0.29, 0.717) is 5.88 Å². The normalized spacial score (nSPS) is 14.4. The first-order valence-corrected chi connectivity index (χ1v) is 7.95. The van der Waals surface area contributed by atoms with Crippen LogP contribution < -0.4 is 5.32 Å². The van der Waals surface area contributed by atoms with E-state index in [1.54, 1.807) is 11.3 Å². The molecule has 18 heavy (non-hydrogen) atoms. The maximum Gasteiger partial charge on any atom is 0.0546 e. The molecular weight excluding hydrogens is 330 g/mol. The molecule has 96 valence electrons. The first-order valence-electron chi connectivity index (χ1n) is 5.74. The van der Waals surface area contributed by atoms with Crippen LogP contribution in [0.3, 0.4) is 0 Å². The molecule has 0 aliphatic rings. The van der Waals surface area contributed by atoms with Gasteiger partial charge in [0.2, 0.25) is 0 Å². The van der Waals surface area contributed by atoms with Crippen LogP contribution in [-0.2, 0) is 12.1 Å². The van der Waals surface area contributed by atoms with E-state index in [2.05, 4.69) is 51.7 Å². The van der Waals surface area contributed by atoms with Crippen molar-refractivity contribution in [2.75, 3.05) is 5.88 Å². The van der Waals surface area contributed by atoms with Gasteiger partial charge in [-0.05, 0) is 39.9 Å². The second kappa shape index (κ2) is 6.20. The summed E-state index contributed by atoms with van der Waals surface area (Å²) >= 11 is 11.4. The standard InChI is InChI=1S/C14H15BrClNS/c1-14(10-16,11-5-3-2-4-6-11)17-9-13-12(15)7-8-18-13/h2-8,17H,9-10H2,1H3. The first kappa shape index (κ1) is 14.1. The molecule has 1 atom stereocenters. The molecule has 0 spiro atoms. The third-order valence-corrected chi connectivity index (χ3v) is 5.47. The molecule has 0 aliphatic heterocycles. The van der Waals surface area contributed by atoms with E-state index < -0.39 is 0 Å². The first-order chi connectivity index (χ1) is 8.65. The van der Waals surface area contributed by atoms with Gasteiger partial charge >= 0.3 is 0 Å². The summed E-state index contributed by atoms with van der Waals surface area (Å²) in [7, 11) is 0. The molecule has 1 heterocycles. The number of benzene rings is 1. The number of hydrogen-bond donors (Lipinski definition) is 1. The third kappa shape index (κ3) is 3.15. The number of thiophene rings is 1. The van der Waals surface area contributed by atoms with Gasteiger partial charge < -0.3 is 5.32 Å². The zero-order valence-electron chi connectivity index (χ0n) is 10.1. The monoisotopic (exact) mass is 343 g/mol. The van der Waals surface area contributed by atoms with E-state index in [0.717, 1.165) is 11.0 Å². The highest BCUT2D eigenvalue weighted by molar-refractivity contribution is 9.10. The summed E-state index contributed by atoms with van der Waals surface area (Å²) in [4.78, 5) is 1.29. The maximum absolute atomic E-state index is 6.15. The molecule has 0 fully saturated rings. The molecule has 4 heteroatoms. The van der Waals surface area contributed by atoms with Crippen LogP contribution in [0, 0.1) is 0 Å². The summed E-state index contributed by atoms with van der Waals surface area (Å²) in [6, 6.07) is 12.4. The van der Waals surface area contributed by atoms with Crippen molar-refractivity contribution in [2.45, 2.75) is 19.0 Å². The van der Waals surface area contributed by atoms with Crippen molar-refractivity contribution < 1.29 is 0 Å². The van der Waals surface area contributed by atoms with E-state index in [9.17, 15) is 0 Å². The maximum atomic E-state index is 6.15. The molecule has 0 saturated carbocycles. The molecule has 0 bridgehead atoms. The topological polar surface area (TPSA) is 12.0 Å². The van der Waals surface area contributed by atoms with Crippen molar-refractivity contribution >= 4 is 38.9 Å². The summed E-state index contributed by atoms with van der Waals surface area (Å²) in [5.41, 5.74) is 1.01. The van der Waals surface area contributed by atoms with Gasteiger partial charge in [-0.15, -0.1) is 22.9 Å². The molecule has 1 unspecified atom stereocenters. The van der Waals surface area contributed by atoms with Crippen LogP contribution in [-0.4, -0.2) is 5.88 Å². The number of nitrogens with one attached hydrogen (secondary N) is 1. The summed E-state index contributed by atoms with van der Waals surface area (Å²) in [6.07, 6.45) is 0. The van der Waals surface area contributed by atoms with Crippen LogP contribution >= 0.6 is 38.9 Å². The Morgan fingerprint density at radius 2 is 2.00 bits per heavy atom. The van der Waals surface area contributed by atoms with Gasteiger partial charge in [0.15, 0.2) is 0 Å². The molecule has 0 saturated heterocycles. The number of rotatable bonds is 5. The van der Waals surface area contributed by atoms with Crippen molar-refractivity contribution in [1.82, 2.24) is 5.32 Å². The second-order valence-corrected chi connectivity index (χ2v) is 6.50. The molecule has 2 aromatic rings. The van der Waals surface area contributed by atoms with E-state index >= 15 is 0 Å². The van der Waals surface area contributed by atoms with E-state index in [-0.39, 0.29) is 5.54 Å². The van der Waals surface area contributed by atoms with Crippen molar-refractivity contribution in [3.05, 3.63) is 56.7 Å². The average Bonchev–Trinajstić information content (AvgIpc) is 2.83. The van der Waals surface area contributed by atoms with Crippen molar-refractivity contribution in [3.63, 3.8) is 0 Å². The lowest BCUT2D eigenvalue weighted by Crippen LogP contribution is -2.40. The fraction of sp³-hybridized carbons (Fsp3) is 0.286. The highest BCUT2D eigenvalue weighted by Gasteiger charge is 2.24. The smallest absolute Gasteiger partial charge is 0.0546 e. The van der Waals surface area contributed by atoms with E-state index in [1.165, 1.54) is 10.4 Å². The van der Waals surface area contributed by atoms with Crippen LogP contribution in [0.2, 0.25) is 0 Å². The molecular formula is C14H15BrClNS. The van der Waals surface area contributed by atoms with E-state index in [1.807, 2.05) is 18.2 Å². The Balaban J connectivity index is 2.12. The van der Waals surface area contributed by atoms with Crippen LogP contribution in [0.1, 0.15) is 17.4 Å². The lowest BCUT2D eigenvalue weighted by atomic mass is 9.94. The van der Waals surface area contributed by atoms with Crippen molar-refractivity contribution in [1.29, 1.82) is 0 Å². The molecule has 1 aromatic carbocycles. The van der Waals surface area contributed by atoms with Gasteiger partial charge in [-0.1, -0.05) is 30.3 Å². The largest absolute Gasteiger partial charge is 0.302 e. The molecule has 0 radical (unpaired) electrons. The Labute approximate surface area is 125 Å². The SMILES string of the molecule is CC(CCl)(NCc1sccc1Br)c1ccccc1. The van der Waals surface area contributed by atoms with Crippen molar-refractivity contribution in [3.8, 4) is 0 Å². The van der Waals surface area contributed by atoms with Gasteiger partial charge in [-0.2, -0.15) is 0 Å². The summed E-state index contributed by atoms with van der Waals surface area (Å²) in [5.74, 6) is 0.542. The van der Waals surface area contributed by atoms with Gasteiger partial charge in [-0.25, -0.2) is 0 Å². The highest BCUT2D eigenvalue weighted by Crippen LogP contribution is 2.26. The summed E-state index contributed by atoms with van der Waals surface area (Å²) in [5, 5.41) is 5.64. The zero-order chi connectivity index (χ0) is 13.0. The van der Waals surface area contributed by atoms with Crippen LogP contribution in [0.15, 0.2) is 46.3 Å². The van der Waals surface area contributed by atoms with Crippen molar-refractivity contribution in [2.24, 2.45) is 0 Å². The number of halogens is 2. The molecule has 0 aliphatic carbocycles. The molecule has 0 amide bonds. The molecule has 1 nitrogen and oxygen atoms in total. The minimum atomic E-state index is -0.202. The third-order valence-electron chi connectivity index (χ3n) is 3.01. The van der Waals surface area contributed by atoms with Gasteiger partial charge in [0.1, 0.15) is 0 Å². The number of alkyl halides is 1. The Hall–Kier alpha value is -0.350. The fourth-order valence-electron chi connectivity index (χ4n) is 1.76. The van der Waals surface area contributed by atoms with Gasteiger partial charge in [0.05, 0.1) is 5.54 Å². The molecule has 1 aromatic heterocycles. The summed E-state index contributed by atoms with van der Waals surface area (Å²) < 4.78 is 1.16. The van der Waals surface area contributed by atoms with Gasteiger partial charge in [-0.3, -0.25) is 0 Å².